The number of amides is 1. The number of likely N-dealkylation sites (tertiary alicyclic amines) is 1. The highest BCUT2D eigenvalue weighted by Crippen LogP contribution is 2.42. The van der Waals surface area contributed by atoms with Gasteiger partial charge >= 0.3 is 0 Å². The number of aromatic nitrogens is 4. The van der Waals surface area contributed by atoms with Crippen molar-refractivity contribution in [3.63, 3.8) is 0 Å². The Morgan fingerprint density at radius 1 is 1.31 bits per heavy atom. The van der Waals surface area contributed by atoms with Crippen molar-refractivity contribution in [2.45, 2.75) is 26.3 Å². The highest BCUT2D eigenvalue weighted by Gasteiger charge is 2.46. The summed E-state index contributed by atoms with van der Waals surface area (Å²) in [6, 6.07) is 4.02. The van der Waals surface area contributed by atoms with Crippen LogP contribution in [0.2, 0.25) is 0 Å². The lowest BCUT2D eigenvalue weighted by Crippen LogP contribution is -2.33. The van der Waals surface area contributed by atoms with Gasteiger partial charge < -0.3 is 9.47 Å². The van der Waals surface area contributed by atoms with Gasteiger partial charge in [-0.2, -0.15) is 0 Å². The molecule has 0 unspecified atom stereocenters. The Morgan fingerprint density at radius 3 is 3.00 bits per heavy atom. The van der Waals surface area contributed by atoms with Crippen molar-refractivity contribution in [2.75, 3.05) is 13.1 Å². The lowest BCUT2D eigenvalue weighted by Gasteiger charge is -2.23. The van der Waals surface area contributed by atoms with E-state index in [1.165, 1.54) is 11.3 Å². The molecule has 0 aromatic carbocycles. The molecule has 0 aliphatic carbocycles. The first kappa shape index (κ1) is 15.7. The first-order valence-electron chi connectivity index (χ1n) is 8.80. The van der Waals surface area contributed by atoms with E-state index in [1.54, 1.807) is 6.20 Å². The summed E-state index contributed by atoms with van der Waals surface area (Å²) in [6.45, 7) is 4.41. The molecule has 1 fully saturated rings. The molecular weight excluding hydrogens is 346 g/mol. The monoisotopic (exact) mass is 365 g/mol. The van der Waals surface area contributed by atoms with Crippen LogP contribution in [0, 0.1) is 12.3 Å². The highest BCUT2D eigenvalue weighted by molar-refractivity contribution is 7.09. The number of nitrogens with zero attached hydrogens (tertiary/aromatic N) is 5. The maximum Gasteiger partial charge on any atom is 0.273 e. The van der Waals surface area contributed by atoms with Gasteiger partial charge in [0.25, 0.3) is 5.91 Å². The predicted molar refractivity (Wildman–Crippen MR) is 99.0 cm³/mol. The predicted octanol–water partition coefficient (Wildman–Crippen LogP) is 2.80. The summed E-state index contributed by atoms with van der Waals surface area (Å²) in [4.78, 5) is 27.9. The molecule has 5 heterocycles. The number of fused-ring (bicyclic) bond motifs is 1. The number of aryl methyl sites for hydroxylation is 1. The Balaban J connectivity index is 1.37. The summed E-state index contributed by atoms with van der Waals surface area (Å²) in [6.07, 6.45) is 7.54. The van der Waals surface area contributed by atoms with Crippen molar-refractivity contribution in [3.8, 4) is 11.3 Å². The Bertz CT molecular complexity index is 979. The molecule has 0 bridgehead atoms. The van der Waals surface area contributed by atoms with Crippen molar-refractivity contribution in [3.05, 3.63) is 52.6 Å². The molecule has 132 valence electrons. The summed E-state index contributed by atoms with van der Waals surface area (Å²) in [5.74, 6) is 1.17. The summed E-state index contributed by atoms with van der Waals surface area (Å²) in [7, 11) is 0. The second kappa shape index (κ2) is 5.74. The van der Waals surface area contributed by atoms with Crippen LogP contribution in [0.1, 0.15) is 27.7 Å². The number of rotatable bonds is 2. The average molecular weight is 365 g/mol. The van der Waals surface area contributed by atoms with Crippen molar-refractivity contribution in [1.29, 1.82) is 0 Å². The van der Waals surface area contributed by atoms with Crippen LogP contribution in [-0.4, -0.2) is 43.4 Å². The Kier molecular flexibility index (Phi) is 3.46. The van der Waals surface area contributed by atoms with Crippen molar-refractivity contribution in [1.82, 2.24) is 24.4 Å². The molecule has 6 nitrogen and oxygen atoms in total. The zero-order valence-electron chi connectivity index (χ0n) is 14.6. The summed E-state index contributed by atoms with van der Waals surface area (Å²) >= 11 is 1.53. The summed E-state index contributed by atoms with van der Waals surface area (Å²) in [5, 5.41) is 2.80. The lowest BCUT2D eigenvalue weighted by molar-refractivity contribution is 0.0766. The maximum atomic E-state index is 12.7. The Morgan fingerprint density at radius 2 is 2.23 bits per heavy atom. The van der Waals surface area contributed by atoms with E-state index in [-0.39, 0.29) is 11.3 Å². The van der Waals surface area contributed by atoms with Gasteiger partial charge in [0.1, 0.15) is 11.5 Å². The molecule has 2 aliphatic rings. The second-order valence-electron chi connectivity index (χ2n) is 7.29. The van der Waals surface area contributed by atoms with E-state index in [0.29, 0.717) is 5.69 Å². The van der Waals surface area contributed by atoms with Crippen LogP contribution in [0.25, 0.3) is 11.3 Å². The molecule has 2 aliphatic heterocycles. The quantitative estimate of drug-likeness (QED) is 0.700. The molecule has 7 heteroatoms. The Labute approximate surface area is 155 Å². The molecule has 0 saturated carbocycles. The van der Waals surface area contributed by atoms with E-state index in [4.69, 9.17) is 0 Å². The van der Waals surface area contributed by atoms with Crippen LogP contribution in [0.15, 0.2) is 36.1 Å². The topological polar surface area (TPSA) is 63.9 Å². The fourth-order valence-electron chi connectivity index (χ4n) is 4.21. The minimum atomic E-state index is 0.0586. The normalized spacial score (nSPS) is 21.5. The van der Waals surface area contributed by atoms with E-state index >= 15 is 0 Å². The zero-order valence-corrected chi connectivity index (χ0v) is 15.4. The van der Waals surface area contributed by atoms with Gasteiger partial charge in [0.05, 0.1) is 16.9 Å². The number of carbonyl (C=O) groups is 1. The second-order valence-corrected chi connectivity index (χ2v) is 8.35. The maximum absolute atomic E-state index is 12.7. The Hall–Kier alpha value is -2.54. The largest absolute Gasteiger partial charge is 0.337 e. The standard InChI is InChI=1S/C19H19N5OS/c1-13-22-15(10-26-13)18(25)23-6-4-19(11-23)7-17-21-9-16(24(17)12-19)14-3-2-5-20-8-14/h2-3,5,8-10H,4,6-7,11-12H2,1H3/t19-/m1/s1. The van der Waals surface area contributed by atoms with Crippen LogP contribution >= 0.6 is 11.3 Å². The number of carbonyl (C=O) groups excluding carboxylic acids is 1. The number of imidazole rings is 1. The van der Waals surface area contributed by atoms with Crippen LogP contribution < -0.4 is 0 Å². The average Bonchev–Trinajstić information content (AvgIpc) is 3.40. The first-order chi connectivity index (χ1) is 12.6. The molecule has 1 atom stereocenters. The molecule has 26 heavy (non-hydrogen) atoms. The SMILES string of the molecule is Cc1nc(C(=O)N2CC[C@@]3(Cc4ncc(-c5cccnc5)n4C3)C2)cs1. The third-order valence-electron chi connectivity index (χ3n) is 5.49. The van der Waals surface area contributed by atoms with Crippen molar-refractivity contribution in [2.24, 2.45) is 5.41 Å². The fraction of sp³-hybridized carbons (Fsp3) is 0.368. The molecule has 1 amide bonds. The fourth-order valence-corrected chi connectivity index (χ4v) is 4.80. The molecule has 1 spiro atoms. The van der Waals surface area contributed by atoms with Gasteiger partial charge in [0.2, 0.25) is 0 Å². The number of thiazole rings is 1. The molecule has 1 saturated heterocycles. The first-order valence-corrected chi connectivity index (χ1v) is 9.68. The molecule has 0 radical (unpaired) electrons. The van der Waals surface area contributed by atoms with E-state index in [1.807, 2.05) is 35.7 Å². The van der Waals surface area contributed by atoms with Gasteiger partial charge in [-0.3, -0.25) is 9.78 Å². The van der Waals surface area contributed by atoms with Gasteiger partial charge in [0, 0.05) is 54.8 Å². The third kappa shape index (κ3) is 2.46. The smallest absolute Gasteiger partial charge is 0.273 e. The van der Waals surface area contributed by atoms with Crippen molar-refractivity contribution >= 4 is 17.2 Å². The molecule has 3 aromatic rings. The van der Waals surface area contributed by atoms with Gasteiger partial charge in [0.15, 0.2) is 0 Å². The van der Waals surface area contributed by atoms with Gasteiger partial charge in [-0.1, -0.05) is 0 Å². The molecular formula is C19H19N5OS. The molecule has 5 rings (SSSR count). The summed E-state index contributed by atoms with van der Waals surface area (Å²) in [5.41, 5.74) is 2.88. The van der Waals surface area contributed by atoms with E-state index in [0.717, 1.165) is 54.6 Å². The third-order valence-corrected chi connectivity index (χ3v) is 6.26. The zero-order chi connectivity index (χ0) is 17.7. The van der Waals surface area contributed by atoms with Crippen LogP contribution in [0.5, 0.6) is 0 Å². The van der Waals surface area contributed by atoms with E-state index < -0.39 is 0 Å². The number of hydrogen-bond donors (Lipinski definition) is 0. The summed E-state index contributed by atoms with van der Waals surface area (Å²) < 4.78 is 2.30. The van der Waals surface area contributed by atoms with Gasteiger partial charge in [-0.15, -0.1) is 11.3 Å². The minimum Gasteiger partial charge on any atom is -0.337 e. The van der Waals surface area contributed by atoms with Crippen LogP contribution in [0.4, 0.5) is 0 Å². The van der Waals surface area contributed by atoms with E-state index in [2.05, 4.69) is 25.6 Å². The van der Waals surface area contributed by atoms with Gasteiger partial charge in [-0.25, -0.2) is 9.97 Å². The lowest BCUT2D eigenvalue weighted by atomic mass is 9.86. The molecule has 0 N–H and O–H groups in total. The van der Waals surface area contributed by atoms with Crippen molar-refractivity contribution < 1.29 is 4.79 Å². The number of pyridine rings is 1. The van der Waals surface area contributed by atoms with E-state index in [9.17, 15) is 4.79 Å². The minimum absolute atomic E-state index is 0.0586. The molecule has 3 aromatic heterocycles. The highest BCUT2D eigenvalue weighted by atomic mass is 32.1. The van der Waals surface area contributed by atoms with Gasteiger partial charge in [-0.05, 0) is 25.5 Å². The van der Waals surface area contributed by atoms with Crippen LogP contribution in [0.3, 0.4) is 0 Å². The number of hydrogen-bond acceptors (Lipinski definition) is 5. The van der Waals surface area contributed by atoms with Crippen LogP contribution in [-0.2, 0) is 13.0 Å².